The summed E-state index contributed by atoms with van der Waals surface area (Å²) in [7, 11) is 0. The number of carbonyl (C=O) groups is 1. The van der Waals surface area contributed by atoms with Crippen molar-refractivity contribution in [2.75, 3.05) is 6.54 Å². The summed E-state index contributed by atoms with van der Waals surface area (Å²) in [4.78, 5) is 22.6. The van der Waals surface area contributed by atoms with Crippen LogP contribution in [0.2, 0.25) is 0 Å². The number of hydrogen-bond donors (Lipinski definition) is 1. The second kappa shape index (κ2) is 7.70. The van der Waals surface area contributed by atoms with Gasteiger partial charge in [0, 0.05) is 24.5 Å². The molecule has 3 heterocycles. The second-order valence-corrected chi connectivity index (χ2v) is 8.02. The van der Waals surface area contributed by atoms with E-state index in [1.807, 2.05) is 0 Å². The van der Waals surface area contributed by atoms with E-state index >= 15 is 0 Å². The molecule has 32 heavy (non-hydrogen) atoms. The van der Waals surface area contributed by atoms with Gasteiger partial charge in [-0.25, -0.2) is 9.37 Å². The number of aromatic nitrogens is 3. The van der Waals surface area contributed by atoms with Crippen LogP contribution in [0.1, 0.15) is 41.8 Å². The Morgan fingerprint density at radius 3 is 2.47 bits per heavy atom. The van der Waals surface area contributed by atoms with Crippen molar-refractivity contribution in [2.45, 2.75) is 38.2 Å². The first-order chi connectivity index (χ1) is 15.0. The zero-order valence-electron chi connectivity index (χ0n) is 17.3. The summed E-state index contributed by atoms with van der Waals surface area (Å²) >= 11 is 0. The molecular weight excluding hydrogens is 428 g/mol. The number of imidazole rings is 1. The van der Waals surface area contributed by atoms with E-state index in [0.717, 1.165) is 0 Å². The van der Waals surface area contributed by atoms with Gasteiger partial charge in [0.05, 0.1) is 30.0 Å². The maximum absolute atomic E-state index is 13.3. The molecule has 1 amide bonds. The average Bonchev–Trinajstić information content (AvgIpc) is 3.18. The number of pyridine rings is 1. The van der Waals surface area contributed by atoms with Gasteiger partial charge in [-0.15, -0.1) is 0 Å². The summed E-state index contributed by atoms with van der Waals surface area (Å²) in [6.45, 7) is 2.49. The third kappa shape index (κ3) is 3.75. The minimum atomic E-state index is -4.89. The number of rotatable bonds is 3. The molecule has 2 atom stereocenters. The number of amides is 1. The first-order valence-electron chi connectivity index (χ1n) is 9.85. The summed E-state index contributed by atoms with van der Waals surface area (Å²) in [5.41, 5.74) is -1.10. The molecule has 0 fully saturated rings. The number of halogens is 4. The van der Waals surface area contributed by atoms with Crippen molar-refractivity contribution in [3.05, 3.63) is 71.8 Å². The molecule has 0 aliphatic carbocycles. The number of benzene rings is 1. The van der Waals surface area contributed by atoms with Crippen LogP contribution in [0, 0.1) is 5.82 Å². The first-order valence-corrected chi connectivity index (χ1v) is 9.85. The highest BCUT2D eigenvalue weighted by Crippen LogP contribution is 2.40. The Balaban J connectivity index is 1.61. The summed E-state index contributed by atoms with van der Waals surface area (Å²) in [5, 5.41) is 10.1. The van der Waals surface area contributed by atoms with Gasteiger partial charge in [-0.3, -0.25) is 9.78 Å². The fourth-order valence-corrected chi connectivity index (χ4v) is 3.85. The Hall–Kier alpha value is -3.27. The van der Waals surface area contributed by atoms with E-state index in [0.29, 0.717) is 29.3 Å². The Bertz CT molecular complexity index is 1160. The van der Waals surface area contributed by atoms with Crippen LogP contribution in [0.3, 0.4) is 0 Å². The van der Waals surface area contributed by atoms with E-state index in [2.05, 4.69) is 9.97 Å². The lowest BCUT2D eigenvalue weighted by molar-refractivity contribution is -0.263. The Labute approximate surface area is 181 Å². The second-order valence-electron chi connectivity index (χ2n) is 8.02. The molecule has 0 saturated carbocycles. The number of alkyl halides is 3. The van der Waals surface area contributed by atoms with Gasteiger partial charge in [0.25, 0.3) is 5.91 Å². The van der Waals surface area contributed by atoms with Crippen LogP contribution >= 0.6 is 0 Å². The monoisotopic (exact) mass is 448 g/mol. The molecule has 1 aliphatic rings. The number of hydrogen-bond acceptors (Lipinski definition) is 4. The predicted molar refractivity (Wildman–Crippen MR) is 107 cm³/mol. The highest BCUT2D eigenvalue weighted by Gasteiger charge is 2.55. The number of fused-ring (bicyclic) bond motifs is 1. The van der Waals surface area contributed by atoms with Gasteiger partial charge in [-0.05, 0) is 37.6 Å². The molecule has 3 aromatic rings. The minimum absolute atomic E-state index is 0.0326. The van der Waals surface area contributed by atoms with E-state index in [1.165, 1.54) is 34.0 Å². The minimum Gasteiger partial charge on any atom is -0.374 e. The lowest BCUT2D eigenvalue weighted by Crippen LogP contribution is -2.45. The topological polar surface area (TPSA) is 71.2 Å². The van der Waals surface area contributed by atoms with Crippen molar-refractivity contribution in [1.29, 1.82) is 0 Å². The standard InChI is InChI=1S/C22H20F4N4O2/c1-13-11-29(12-18-10-28-20(30(13)18)21(2,32)22(24,25)26)19(31)16-7-15(8-27-9-16)14-3-5-17(23)6-4-14/h3-10,13,32H,11-12H2,1-2H3/t13-,21?/m0/s1. The quantitative estimate of drug-likeness (QED) is 0.614. The lowest BCUT2D eigenvalue weighted by atomic mass is 10.0. The number of nitrogens with zero attached hydrogens (tertiary/aromatic N) is 4. The van der Waals surface area contributed by atoms with Gasteiger partial charge in [0.15, 0.2) is 5.82 Å². The molecule has 10 heteroatoms. The molecule has 1 aliphatic heterocycles. The fraction of sp³-hybridized carbons (Fsp3) is 0.318. The highest BCUT2D eigenvalue weighted by molar-refractivity contribution is 5.95. The fourth-order valence-electron chi connectivity index (χ4n) is 3.85. The van der Waals surface area contributed by atoms with Gasteiger partial charge in [-0.1, -0.05) is 12.1 Å². The summed E-state index contributed by atoms with van der Waals surface area (Å²) in [6, 6.07) is 6.88. The van der Waals surface area contributed by atoms with Crippen molar-refractivity contribution in [1.82, 2.24) is 19.4 Å². The summed E-state index contributed by atoms with van der Waals surface area (Å²) < 4.78 is 54.5. The van der Waals surface area contributed by atoms with Crippen molar-refractivity contribution >= 4 is 5.91 Å². The summed E-state index contributed by atoms with van der Waals surface area (Å²) in [6.07, 6.45) is -0.678. The SMILES string of the molecule is C[C@H]1CN(C(=O)c2cncc(-c3ccc(F)cc3)c2)Cc2cnc(C(C)(O)C(F)(F)F)n21. The highest BCUT2D eigenvalue weighted by atomic mass is 19.4. The normalized spacial score (nSPS) is 18.2. The zero-order chi connectivity index (χ0) is 23.3. The van der Waals surface area contributed by atoms with E-state index in [-0.39, 0.29) is 24.8 Å². The number of carbonyl (C=O) groups excluding carboxylic acids is 1. The Morgan fingerprint density at radius 2 is 1.81 bits per heavy atom. The molecule has 0 bridgehead atoms. The Morgan fingerprint density at radius 1 is 1.12 bits per heavy atom. The van der Waals surface area contributed by atoms with Crippen molar-refractivity contribution in [3.63, 3.8) is 0 Å². The van der Waals surface area contributed by atoms with Crippen LogP contribution in [0.4, 0.5) is 17.6 Å². The zero-order valence-corrected chi connectivity index (χ0v) is 17.3. The molecule has 0 saturated heterocycles. The van der Waals surface area contributed by atoms with E-state index in [1.54, 1.807) is 31.3 Å². The van der Waals surface area contributed by atoms with Crippen LogP contribution in [0.5, 0.6) is 0 Å². The molecule has 4 rings (SSSR count). The maximum atomic E-state index is 13.3. The van der Waals surface area contributed by atoms with Gasteiger partial charge in [-0.2, -0.15) is 13.2 Å². The molecule has 0 radical (unpaired) electrons. The van der Waals surface area contributed by atoms with Crippen molar-refractivity contribution < 1.29 is 27.5 Å². The Kier molecular flexibility index (Phi) is 5.28. The molecule has 1 aromatic carbocycles. The lowest BCUT2D eigenvalue weighted by Gasteiger charge is -2.36. The smallest absolute Gasteiger partial charge is 0.374 e. The summed E-state index contributed by atoms with van der Waals surface area (Å²) in [5.74, 6) is -1.22. The van der Waals surface area contributed by atoms with Crippen LogP contribution in [-0.4, -0.2) is 43.2 Å². The van der Waals surface area contributed by atoms with Crippen LogP contribution < -0.4 is 0 Å². The first kappa shape index (κ1) is 21.9. The van der Waals surface area contributed by atoms with Gasteiger partial charge in [0.2, 0.25) is 5.60 Å². The molecule has 2 aromatic heterocycles. The molecule has 1 unspecified atom stereocenters. The van der Waals surface area contributed by atoms with E-state index < -0.39 is 23.6 Å². The molecular formula is C22H20F4N4O2. The van der Waals surface area contributed by atoms with Gasteiger partial charge in [0.1, 0.15) is 5.82 Å². The molecule has 6 nitrogen and oxygen atoms in total. The van der Waals surface area contributed by atoms with Crippen LogP contribution in [0.15, 0.2) is 48.9 Å². The van der Waals surface area contributed by atoms with Crippen molar-refractivity contribution in [2.24, 2.45) is 0 Å². The van der Waals surface area contributed by atoms with E-state index in [9.17, 15) is 27.5 Å². The van der Waals surface area contributed by atoms with Gasteiger partial charge < -0.3 is 14.6 Å². The predicted octanol–water partition coefficient (Wildman–Crippen LogP) is 4.07. The van der Waals surface area contributed by atoms with Gasteiger partial charge >= 0.3 is 6.18 Å². The maximum Gasteiger partial charge on any atom is 0.424 e. The van der Waals surface area contributed by atoms with E-state index in [4.69, 9.17) is 0 Å². The third-order valence-electron chi connectivity index (χ3n) is 5.59. The average molecular weight is 448 g/mol. The van der Waals surface area contributed by atoms with Crippen LogP contribution in [-0.2, 0) is 12.1 Å². The molecule has 0 spiro atoms. The molecule has 1 N–H and O–H groups in total. The third-order valence-corrected chi connectivity index (χ3v) is 5.59. The van der Waals surface area contributed by atoms with Crippen LogP contribution in [0.25, 0.3) is 11.1 Å². The molecule has 168 valence electrons. The number of aliphatic hydroxyl groups is 1. The van der Waals surface area contributed by atoms with Crippen molar-refractivity contribution in [3.8, 4) is 11.1 Å². The largest absolute Gasteiger partial charge is 0.424 e.